The van der Waals surface area contributed by atoms with Gasteiger partial charge in [-0.15, -0.1) is 0 Å². The highest BCUT2D eigenvalue weighted by Gasteiger charge is 2.17. The van der Waals surface area contributed by atoms with Gasteiger partial charge in [-0.05, 0) is 6.92 Å². The summed E-state index contributed by atoms with van der Waals surface area (Å²) < 4.78 is 25.1. The van der Waals surface area contributed by atoms with Gasteiger partial charge in [0, 0.05) is 25.0 Å². The van der Waals surface area contributed by atoms with Crippen LogP contribution in [0.4, 0.5) is 0 Å². The first kappa shape index (κ1) is 11.9. The molecule has 0 fully saturated rings. The predicted octanol–water partition coefficient (Wildman–Crippen LogP) is -0.966. The number of aliphatic hydroxyl groups is 1. The largest absolute Gasteiger partial charge is 0.392 e. The SMILES string of the molecule is CC(O)CNS(=O)(=O)c1c[nH]ccc1=O. The first-order valence-electron chi connectivity index (χ1n) is 4.28. The third-order valence-electron chi connectivity index (χ3n) is 1.65. The molecule has 84 valence electrons. The van der Waals surface area contributed by atoms with Gasteiger partial charge in [-0.1, -0.05) is 0 Å². The van der Waals surface area contributed by atoms with Crippen LogP contribution in [0.2, 0.25) is 0 Å². The number of rotatable bonds is 4. The lowest BCUT2D eigenvalue weighted by molar-refractivity contribution is 0.198. The summed E-state index contributed by atoms with van der Waals surface area (Å²) in [6.07, 6.45) is 1.64. The van der Waals surface area contributed by atoms with Crippen molar-refractivity contribution < 1.29 is 13.5 Å². The van der Waals surface area contributed by atoms with Crippen LogP contribution < -0.4 is 10.2 Å². The zero-order chi connectivity index (χ0) is 11.5. The van der Waals surface area contributed by atoms with Crippen LogP contribution in [-0.2, 0) is 10.0 Å². The van der Waals surface area contributed by atoms with E-state index in [-0.39, 0.29) is 11.4 Å². The second-order valence-corrected chi connectivity index (χ2v) is 4.81. The van der Waals surface area contributed by atoms with Crippen molar-refractivity contribution in [2.45, 2.75) is 17.9 Å². The third kappa shape index (κ3) is 3.15. The zero-order valence-electron chi connectivity index (χ0n) is 8.10. The maximum atomic E-state index is 11.5. The summed E-state index contributed by atoms with van der Waals surface area (Å²) in [7, 11) is -3.84. The molecule has 1 aromatic rings. The summed E-state index contributed by atoms with van der Waals surface area (Å²) >= 11 is 0. The fourth-order valence-corrected chi connectivity index (χ4v) is 2.09. The first-order chi connectivity index (χ1) is 6.93. The van der Waals surface area contributed by atoms with E-state index in [0.717, 1.165) is 12.3 Å². The molecule has 1 aromatic heterocycles. The molecule has 1 atom stereocenters. The molecule has 0 aliphatic rings. The highest BCUT2D eigenvalue weighted by Crippen LogP contribution is 1.99. The van der Waals surface area contributed by atoms with Crippen LogP contribution in [0.1, 0.15) is 6.92 Å². The minimum Gasteiger partial charge on any atom is -0.392 e. The number of hydrogen-bond donors (Lipinski definition) is 3. The number of H-pyrrole nitrogens is 1. The molecule has 0 saturated carbocycles. The second kappa shape index (κ2) is 4.56. The Bertz CT molecular complexity index is 477. The van der Waals surface area contributed by atoms with Gasteiger partial charge < -0.3 is 10.1 Å². The molecule has 1 rings (SSSR count). The topological polar surface area (TPSA) is 99.3 Å². The predicted molar refractivity (Wildman–Crippen MR) is 53.9 cm³/mol. The average molecular weight is 232 g/mol. The molecule has 1 heterocycles. The van der Waals surface area contributed by atoms with E-state index in [9.17, 15) is 13.2 Å². The van der Waals surface area contributed by atoms with Gasteiger partial charge >= 0.3 is 0 Å². The number of pyridine rings is 1. The molecule has 0 saturated heterocycles. The van der Waals surface area contributed by atoms with E-state index in [2.05, 4.69) is 9.71 Å². The molecular formula is C8H12N2O4S. The molecule has 1 unspecified atom stereocenters. The Morgan fingerprint density at radius 1 is 1.60 bits per heavy atom. The maximum Gasteiger partial charge on any atom is 0.246 e. The van der Waals surface area contributed by atoms with E-state index in [1.807, 2.05) is 0 Å². The van der Waals surface area contributed by atoms with E-state index in [4.69, 9.17) is 5.11 Å². The van der Waals surface area contributed by atoms with Gasteiger partial charge in [0.25, 0.3) is 0 Å². The molecule has 0 aliphatic carbocycles. The van der Waals surface area contributed by atoms with Crippen molar-refractivity contribution in [3.63, 3.8) is 0 Å². The molecular weight excluding hydrogens is 220 g/mol. The summed E-state index contributed by atoms with van der Waals surface area (Å²) in [6.45, 7) is 1.31. The Hall–Kier alpha value is -1.18. The highest BCUT2D eigenvalue weighted by molar-refractivity contribution is 7.89. The molecule has 6 nitrogen and oxygen atoms in total. The van der Waals surface area contributed by atoms with Crippen LogP contribution in [0.3, 0.4) is 0 Å². The fraction of sp³-hybridized carbons (Fsp3) is 0.375. The average Bonchev–Trinajstić information content (AvgIpc) is 2.15. The quantitative estimate of drug-likeness (QED) is 0.622. The lowest BCUT2D eigenvalue weighted by atomic mass is 10.4. The number of sulfonamides is 1. The number of aromatic nitrogens is 1. The normalized spacial score (nSPS) is 13.7. The molecule has 0 aliphatic heterocycles. The van der Waals surface area contributed by atoms with Crippen molar-refractivity contribution in [2.75, 3.05) is 6.54 Å². The Labute approximate surface area is 87.0 Å². The number of hydrogen-bond acceptors (Lipinski definition) is 4. The van der Waals surface area contributed by atoms with Gasteiger partial charge in [0.05, 0.1) is 6.10 Å². The Kier molecular flexibility index (Phi) is 3.61. The van der Waals surface area contributed by atoms with E-state index in [0.29, 0.717) is 0 Å². The zero-order valence-corrected chi connectivity index (χ0v) is 8.91. The van der Waals surface area contributed by atoms with Gasteiger partial charge in [-0.25, -0.2) is 13.1 Å². The van der Waals surface area contributed by atoms with Crippen molar-refractivity contribution in [1.29, 1.82) is 0 Å². The lowest BCUT2D eigenvalue weighted by Crippen LogP contribution is -2.33. The summed E-state index contributed by atoms with van der Waals surface area (Å²) in [5.74, 6) is 0. The van der Waals surface area contributed by atoms with Crippen LogP contribution >= 0.6 is 0 Å². The molecule has 7 heteroatoms. The van der Waals surface area contributed by atoms with Gasteiger partial charge in [0.15, 0.2) is 0 Å². The number of aromatic amines is 1. The van der Waals surface area contributed by atoms with Crippen LogP contribution in [0.5, 0.6) is 0 Å². The van der Waals surface area contributed by atoms with Gasteiger partial charge in [-0.3, -0.25) is 4.79 Å². The lowest BCUT2D eigenvalue weighted by Gasteiger charge is -2.07. The van der Waals surface area contributed by atoms with E-state index in [1.165, 1.54) is 13.1 Å². The Morgan fingerprint density at radius 2 is 2.27 bits per heavy atom. The molecule has 0 spiro atoms. The Morgan fingerprint density at radius 3 is 2.80 bits per heavy atom. The van der Waals surface area contributed by atoms with E-state index >= 15 is 0 Å². The first-order valence-corrected chi connectivity index (χ1v) is 5.76. The minimum absolute atomic E-state index is 0.128. The van der Waals surface area contributed by atoms with E-state index in [1.54, 1.807) is 0 Å². The summed E-state index contributed by atoms with van der Waals surface area (Å²) in [5, 5.41) is 8.92. The van der Waals surface area contributed by atoms with Crippen molar-refractivity contribution in [1.82, 2.24) is 9.71 Å². The fourth-order valence-electron chi connectivity index (χ4n) is 0.919. The third-order valence-corrected chi connectivity index (χ3v) is 3.09. The standard InChI is InChI=1S/C8H12N2O4S/c1-6(11)4-10-15(13,14)8-5-9-3-2-7(8)12/h2-3,5-6,10-11H,4H2,1H3,(H,9,12). The molecule has 0 aromatic carbocycles. The van der Waals surface area contributed by atoms with Gasteiger partial charge in [0.2, 0.25) is 15.5 Å². The molecule has 0 radical (unpaired) electrons. The molecule has 3 N–H and O–H groups in total. The van der Waals surface area contributed by atoms with Crippen molar-refractivity contribution in [3.05, 3.63) is 28.7 Å². The van der Waals surface area contributed by atoms with Gasteiger partial charge in [0.1, 0.15) is 4.90 Å². The summed E-state index contributed by atoms with van der Waals surface area (Å²) in [4.78, 5) is 13.4. The minimum atomic E-state index is -3.84. The molecule has 15 heavy (non-hydrogen) atoms. The summed E-state index contributed by atoms with van der Waals surface area (Å²) in [6, 6.07) is 1.12. The smallest absolute Gasteiger partial charge is 0.246 e. The van der Waals surface area contributed by atoms with E-state index < -0.39 is 21.6 Å². The number of nitrogens with one attached hydrogen (secondary N) is 2. The number of aliphatic hydroxyl groups excluding tert-OH is 1. The maximum absolute atomic E-state index is 11.5. The summed E-state index contributed by atoms with van der Waals surface area (Å²) in [5.41, 5.74) is -0.591. The van der Waals surface area contributed by atoms with Crippen molar-refractivity contribution in [2.24, 2.45) is 0 Å². The van der Waals surface area contributed by atoms with Crippen LogP contribution in [0.15, 0.2) is 28.2 Å². The van der Waals surface area contributed by atoms with Crippen LogP contribution in [0, 0.1) is 0 Å². The highest BCUT2D eigenvalue weighted by atomic mass is 32.2. The van der Waals surface area contributed by atoms with Crippen LogP contribution in [0.25, 0.3) is 0 Å². The van der Waals surface area contributed by atoms with Crippen molar-refractivity contribution >= 4 is 10.0 Å². The second-order valence-electron chi connectivity index (χ2n) is 3.07. The molecule has 0 bridgehead atoms. The monoisotopic (exact) mass is 232 g/mol. The Balaban J connectivity index is 2.97. The molecule has 0 amide bonds. The van der Waals surface area contributed by atoms with Crippen LogP contribution in [-0.4, -0.2) is 31.2 Å². The van der Waals surface area contributed by atoms with Crippen molar-refractivity contribution in [3.8, 4) is 0 Å². The van der Waals surface area contributed by atoms with Gasteiger partial charge in [-0.2, -0.15) is 0 Å².